The van der Waals surface area contributed by atoms with E-state index in [1.54, 1.807) is 30.3 Å². The quantitative estimate of drug-likeness (QED) is 0.333. The molecule has 0 unspecified atom stereocenters. The van der Waals surface area contributed by atoms with Gasteiger partial charge in [0.25, 0.3) is 0 Å². The molecule has 0 amide bonds. The number of nitrogens with one attached hydrogen (secondary N) is 1. The molecule has 0 radical (unpaired) electrons. The minimum absolute atomic E-state index is 0.000340. The minimum atomic E-state index is -4.40. The van der Waals surface area contributed by atoms with Gasteiger partial charge >= 0.3 is 6.18 Å². The third-order valence-electron chi connectivity index (χ3n) is 5.17. The van der Waals surface area contributed by atoms with Crippen molar-refractivity contribution in [1.82, 2.24) is 9.97 Å². The molecule has 0 atom stereocenters. The van der Waals surface area contributed by atoms with Crippen LogP contribution in [0.4, 0.5) is 13.2 Å². The van der Waals surface area contributed by atoms with Gasteiger partial charge in [0.15, 0.2) is 9.84 Å². The molecule has 0 fully saturated rings. The van der Waals surface area contributed by atoms with Gasteiger partial charge in [-0.05, 0) is 53.9 Å². The van der Waals surface area contributed by atoms with Gasteiger partial charge < -0.3 is 9.72 Å². The van der Waals surface area contributed by atoms with Crippen LogP contribution in [0.1, 0.15) is 25.2 Å². The van der Waals surface area contributed by atoms with Crippen molar-refractivity contribution < 1.29 is 26.3 Å². The number of alkyl halides is 3. The Bertz CT molecular complexity index is 1410. The van der Waals surface area contributed by atoms with E-state index in [1.165, 1.54) is 12.1 Å². The minimum Gasteiger partial charge on any atom is -0.486 e. The molecule has 1 N–H and O–H groups in total. The van der Waals surface area contributed by atoms with Crippen LogP contribution in [0.2, 0.25) is 0 Å². The zero-order valence-corrected chi connectivity index (χ0v) is 19.4. The van der Waals surface area contributed by atoms with Gasteiger partial charge in [-0.15, -0.1) is 0 Å². The number of nitrogens with zero attached hydrogens (tertiary/aromatic N) is 1. The number of rotatable bonds is 7. The molecule has 0 spiro atoms. The van der Waals surface area contributed by atoms with Gasteiger partial charge in [-0.1, -0.05) is 38.1 Å². The van der Waals surface area contributed by atoms with Crippen LogP contribution in [-0.4, -0.2) is 24.1 Å². The van der Waals surface area contributed by atoms with Crippen LogP contribution < -0.4 is 4.74 Å². The smallest absolute Gasteiger partial charge is 0.416 e. The Balaban J connectivity index is 1.57. The van der Waals surface area contributed by atoms with Gasteiger partial charge in [0, 0.05) is 5.56 Å². The van der Waals surface area contributed by atoms with Crippen molar-refractivity contribution in [2.75, 3.05) is 5.75 Å². The zero-order valence-electron chi connectivity index (χ0n) is 18.6. The summed E-state index contributed by atoms with van der Waals surface area (Å²) < 4.78 is 69.5. The number of sulfone groups is 1. The number of imidazole rings is 1. The summed E-state index contributed by atoms with van der Waals surface area (Å²) in [5, 5.41) is 0. The summed E-state index contributed by atoms with van der Waals surface area (Å²) in [7, 11) is -3.45. The molecule has 9 heteroatoms. The first-order chi connectivity index (χ1) is 16.0. The van der Waals surface area contributed by atoms with E-state index in [4.69, 9.17) is 4.74 Å². The van der Waals surface area contributed by atoms with E-state index < -0.39 is 21.6 Å². The van der Waals surface area contributed by atoms with Crippen LogP contribution in [0, 0.1) is 5.92 Å². The zero-order chi connectivity index (χ0) is 24.5. The molecule has 34 heavy (non-hydrogen) atoms. The van der Waals surface area contributed by atoms with Crippen molar-refractivity contribution in [3.05, 3.63) is 78.1 Å². The van der Waals surface area contributed by atoms with Gasteiger partial charge in [0.05, 0.1) is 27.2 Å². The Hall–Kier alpha value is -3.33. The fraction of sp³-hybridized carbons (Fsp3) is 0.240. The molecule has 1 aromatic heterocycles. The van der Waals surface area contributed by atoms with Crippen LogP contribution in [0.5, 0.6) is 5.75 Å². The normalized spacial score (nSPS) is 12.4. The van der Waals surface area contributed by atoms with Gasteiger partial charge in [0.2, 0.25) is 0 Å². The highest BCUT2D eigenvalue weighted by Gasteiger charge is 2.30. The summed E-state index contributed by atoms with van der Waals surface area (Å²) in [6.45, 7) is 3.77. The first-order valence-electron chi connectivity index (χ1n) is 10.6. The highest BCUT2D eigenvalue weighted by atomic mass is 32.2. The van der Waals surface area contributed by atoms with Crippen molar-refractivity contribution in [1.29, 1.82) is 0 Å². The first-order valence-corrected chi connectivity index (χ1v) is 12.3. The number of hydrogen-bond donors (Lipinski definition) is 1. The average molecular weight is 489 g/mol. The second-order valence-electron chi connectivity index (χ2n) is 8.40. The van der Waals surface area contributed by atoms with E-state index in [9.17, 15) is 21.6 Å². The highest BCUT2D eigenvalue weighted by molar-refractivity contribution is 7.91. The SMILES string of the molecule is CC(C)CS(=O)(=O)c1ccccc1-c1ccc2nc(COc3ccc(C(F)(F)F)cc3)[nH]c2c1. The van der Waals surface area contributed by atoms with E-state index in [0.717, 1.165) is 17.7 Å². The molecule has 0 aliphatic heterocycles. The number of halogens is 3. The summed E-state index contributed by atoms with van der Waals surface area (Å²) in [5.41, 5.74) is 1.96. The van der Waals surface area contributed by atoms with Crippen molar-refractivity contribution in [2.45, 2.75) is 31.5 Å². The maximum absolute atomic E-state index is 12.9. The highest BCUT2D eigenvalue weighted by Crippen LogP contribution is 2.32. The largest absolute Gasteiger partial charge is 0.486 e. The topological polar surface area (TPSA) is 72.1 Å². The molecule has 178 valence electrons. The van der Waals surface area contributed by atoms with E-state index in [2.05, 4.69) is 9.97 Å². The van der Waals surface area contributed by atoms with Crippen LogP contribution in [0.15, 0.2) is 71.6 Å². The monoisotopic (exact) mass is 488 g/mol. The van der Waals surface area contributed by atoms with Crippen LogP contribution >= 0.6 is 0 Å². The lowest BCUT2D eigenvalue weighted by atomic mass is 10.1. The van der Waals surface area contributed by atoms with Crippen molar-refractivity contribution in [3.8, 4) is 16.9 Å². The van der Waals surface area contributed by atoms with E-state index >= 15 is 0 Å². The Morgan fingerprint density at radius 3 is 2.38 bits per heavy atom. The summed E-state index contributed by atoms with van der Waals surface area (Å²) >= 11 is 0. The molecule has 4 aromatic rings. The Kier molecular flexibility index (Phi) is 6.40. The molecule has 0 aliphatic carbocycles. The third kappa shape index (κ3) is 5.25. The molecule has 0 aliphatic rings. The van der Waals surface area contributed by atoms with Crippen molar-refractivity contribution in [3.63, 3.8) is 0 Å². The number of aromatic amines is 1. The first kappa shape index (κ1) is 23.8. The third-order valence-corrected chi connectivity index (χ3v) is 7.31. The van der Waals surface area contributed by atoms with Crippen LogP contribution in [0.25, 0.3) is 22.2 Å². The summed E-state index contributed by atoms with van der Waals surface area (Å²) in [6, 6.07) is 16.8. The molecule has 4 rings (SSSR count). The average Bonchev–Trinajstić information content (AvgIpc) is 3.19. The fourth-order valence-electron chi connectivity index (χ4n) is 3.70. The van der Waals surface area contributed by atoms with Crippen molar-refractivity contribution in [2.24, 2.45) is 5.92 Å². The Morgan fingerprint density at radius 2 is 1.71 bits per heavy atom. The molecule has 0 bridgehead atoms. The summed E-state index contributed by atoms with van der Waals surface area (Å²) in [4.78, 5) is 7.87. The second kappa shape index (κ2) is 9.13. The van der Waals surface area contributed by atoms with Gasteiger partial charge in [-0.3, -0.25) is 0 Å². The number of ether oxygens (including phenoxy) is 1. The standard InChI is InChI=1S/C25H23F3N2O3S/c1-16(2)15-34(31,32)23-6-4-3-5-20(23)17-7-12-21-22(13-17)30-24(29-21)14-33-19-10-8-18(9-11-19)25(26,27)28/h3-13,16H,14-15H2,1-2H3,(H,29,30). The van der Waals surface area contributed by atoms with Crippen LogP contribution in [0.3, 0.4) is 0 Å². The molecule has 0 saturated heterocycles. The van der Waals surface area contributed by atoms with Crippen LogP contribution in [-0.2, 0) is 22.6 Å². The van der Waals surface area contributed by atoms with Gasteiger partial charge in [0.1, 0.15) is 18.2 Å². The molecule has 0 saturated carbocycles. The van der Waals surface area contributed by atoms with Crippen molar-refractivity contribution >= 4 is 20.9 Å². The number of hydrogen-bond acceptors (Lipinski definition) is 4. The lowest BCUT2D eigenvalue weighted by Gasteiger charge is -2.12. The Morgan fingerprint density at radius 1 is 1.00 bits per heavy atom. The fourth-order valence-corrected chi connectivity index (χ4v) is 5.56. The van der Waals surface area contributed by atoms with E-state index in [-0.39, 0.29) is 23.2 Å². The number of benzene rings is 3. The molecule has 1 heterocycles. The predicted octanol–water partition coefficient (Wildman–Crippen LogP) is 6.26. The maximum atomic E-state index is 12.9. The number of fused-ring (bicyclic) bond motifs is 1. The second-order valence-corrected chi connectivity index (χ2v) is 10.4. The molecule has 5 nitrogen and oxygen atoms in total. The van der Waals surface area contributed by atoms with E-state index in [1.807, 2.05) is 26.0 Å². The predicted molar refractivity (Wildman–Crippen MR) is 124 cm³/mol. The van der Waals surface area contributed by atoms with Gasteiger partial charge in [-0.2, -0.15) is 13.2 Å². The molecular formula is C25H23F3N2O3S. The lowest BCUT2D eigenvalue weighted by Crippen LogP contribution is -2.12. The van der Waals surface area contributed by atoms with Gasteiger partial charge in [-0.25, -0.2) is 13.4 Å². The summed E-state index contributed by atoms with van der Waals surface area (Å²) in [5.74, 6) is 0.841. The number of H-pyrrole nitrogens is 1. The molecule has 3 aromatic carbocycles. The summed E-state index contributed by atoms with van der Waals surface area (Å²) in [6.07, 6.45) is -4.40. The number of aromatic nitrogens is 2. The molecular weight excluding hydrogens is 465 g/mol. The Labute approximate surface area is 195 Å². The van der Waals surface area contributed by atoms with E-state index in [0.29, 0.717) is 28.2 Å². The maximum Gasteiger partial charge on any atom is 0.416 e. The lowest BCUT2D eigenvalue weighted by molar-refractivity contribution is -0.137.